The molecule has 0 bridgehead atoms. The average molecular weight is 420 g/mol. The van der Waals surface area contributed by atoms with Crippen molar-refractivity contribution in [1.29, 1.82) is 0 Å². The highest BCUT2D eigenvalue weighted by molar-refractivity contribution is 6.05. The summed E-state index contributed by atoms with van der Waals surface area (Å²) in [7, 11) is 0. The molecule has 0 saturated carbocycles. The molecule has 3 rings (SSSR count). The van der Waals surface area contributed by atoms with Crippen molar-refractivity contribution in [1.82, 2.24) is 0 Å². The summed E-state index contributed by atoms with van der Waals surface area (Å²) in [5, 5.41) is 5.44. The first kappa shape index (κ1) is 22.0. The molecule has 0 fully saturated rings. The third-order valence-electron chi connectivity index (χ3n) is 4.93. The van der Waals surface area contributed by atoms with Crippen molar-refractivity contribution in [3.05, 3.63) is 89.7 Å². The summed E-state index contributed by atoms with van der Waals surface area (Å²) in [6.45, 7) is 4.08. The van der Waals surface area contributed by atoms with E-state index in [1.807, 2.05) is 24.3 Å². The first-order valence-corrected chi connectivity index (χ1v) is 10.1. The van der Waals surface area contributed by atoms with Gasteiger partial charge in [0.2, 0.25) is 0 Å². The molecular weight excluding hydrogens is 395 g/mol. The molecule has 1 unspecified atom stereocenters. The van der Waals surface area contributed by atoms with Crippen molar-refractivity contribution in [2.45, 2.75) is 26.2 Å². The Bertz CT molecular complexity index is 1050. The van der Waals surface area contributed by atoms with Gasteiger partial charge in [0.15, 0.2) is 6.61 Å². The van der Waals surface area contributed by atoms with E-state index in [-0.39, 0.29) is 24.2 Å². The number of rotatable bonds is 8. The molecule has 6 heteroatoms. The number of hydrogen-bond acceptors (Lipinski definition) is 3. The van der Waals surface area contributed by atoms with E-state index in [9.17, 15) is 14.0 Å². The first-order chi connectivity index (χ1) is 15.0. The van der Waals surface area contributed by atoms with E-state index < -0.39 is 0 Å². The number of hydrogen-bond donors (Lipinski definition) is 2. The Balaban J connectivity index is 1.60. The highest BCUT2D eigenvalue weighted by Crippen LogP contribution is 2.28. The van der Waals surface area contributed by atoms with Crippen LogP contribution in [0.1, 0.15) is 42.1 Å². The normalized spacial score (nSPS) is 11.5. The van der Waals surface area contributed by atoms with E-state index in [1.165, 1.54) is 24.3 Å². The predicted octanol–water partition coefficient (Wildman–Crippen LogP) is 5.61. The summed E-state index contributed by atoms with van der Waals surface area (Å²) >= 11 is 0. The summed E-state index contributed by atoms with van der Waals surface area (Å²) in [4.78, 5) is 24.8. The van der Waals surface area contributed by atoms with E-state index >= 15 is 0 Å². The summed E-state index contributed by atoms with van der Waals surface area (Å²) in [5.74, 6) is -0.0387. The van der Waals surface area contributed by atoms with Gasteiger partial charge in [0, 0.05) is 16.9 Å². The fourth-order valence-corrected chi connectivity index (χ4v) is 3.05. The summed E-state index contributed by atoms with van der Waals surface area (Å²) in [6, 6.07) is 19.8. The van der Waals surface area contributed by atoms with E-state index in [2.05, 4.69) is 24.5 Å². The largest absolute Gasteiger partial charge is 0.483 e. The number of carbonyl (C=O) groups excluding carboxylic acids is 2. The zero-order chi connectivity index (χ0) is 22.2. The quantitative estimate of drug-likeness (QED) is 0.498. The van der Waals surface area contributed by atoms with Crippen molar-refractivity contribution in [3.63, 3.8) is 0 Å². The zero-order valence-electron chi connectivity index (χ0n) is 17.5. The maximum Gasteiger partial charge on any atom is 0.262 e. The van der Waals surface area contributed by atoms with Crippen LogP contribution in [0.2, 0.25) is 0 Å². The van der Waals surface area contributed by atoms with Gasteiger partial charge in [-0.1, -0.05) is 38.1 Å². The lowest BCUT2D eigenvalue weighted by molar-refractivity contribution is -0.118. The lowest BCUT2D eigenvalue weighted by Gasteiger charge is -2.15. The van der Waals surface area contributed by atoms with Gasteiger partial charge < -0.3 is 15.4 Å². The van der Waals surface area contributed by atoms with E-state index in [0.29, 0.717) is 28.6 Å². The van der Waals surface area contributed by atoms with Gasteiger partial charge in [-0.3, -0.25) is 9.59 Å². The number of halogens is 1. The number of amides is 2. The van der Waals surface area contributed by atoms with Crippen molar-refractivity contribution in [3.8, 4) is 5.75 Å². The smallest absolute Gasteiger partial charge is 0.262 e. The Morgan fingerprint density at radius 1 is 0.935 bits per heavy atom. The highest BCUT2D eigenvalue weighted by Gasteiger charge is 2.12. The molecular formula is C25H25FN2O3. The van der Waals surface area contributed by atoms with Crippen LogP contribution in [0.25, 0.3) is 0 Å². The van der Waals surface area contributed by atoms with Crippen molar-refractivity contribution in [2.24, 2.45) is 0 Å². The second-order valence-corrected chi connectivity index (χ2v) is 7.23. The molecule has 5 nitrogen and oxygen atoms in total. The molecule has 0 aromatic heterocycles. The number of carbonyl (C=O) groups is 2. The van der Waals surface area contributed by atoms with Crippen LogP contribution in [0.15, 0.2) is 72.8 Å². The molecule has 0 heterocycles. The average Bonchev–Trinajstić information content (AvgIpc) is 2.79. The van der Waals surface area contributed by atoms with Crippen LogP contribution < -0.4 is 15.4 Å². The summed E-state index contributed by atoms with van der Waals surface area (Å²) in [6.07, 6.45) is 0.972. The molecule has 2 N–H and O–H groups in total. The predicted molar refractivity (Wildman–Crippen MR) is 120 cm³/mol. The molecule has 3 aromatic rings. The molecule has 0 spiro atoms. The van der Waals surface area contributed by atoms with Crippen LogP contribution in [0.4, 0.5) is 15.8 Å². The van der Waals surface area contributed by atoms with Crippen LogP contribution in [-0.2, 0) is 4.79 Å². The second-order valence-electron chi connectivity index (χ2n) is 7.23. The van der Waals surface area contributed by atoms with Gasteiger partial charge >= 0.3 is 0 Å². The number of nitrogens with one attached hydrogen (secondary N) is 2. The Kier molecular flexibility index (Phi) is 7.38. The third-order valence-corrected chi connectivity index (χ3v) is 4.93. The number of para-hydroxylation sites is 1. The molecule has 160 valence electrons. The molecule has 31 heavy (non-hydrogen) atoms. The van der Waals surface area contributed by atoms with Crippen LogP contribution in [0.5, 0.6) is 5.75 Å². The SMILES string of the molecule is CCC(C)c1ccccc1OCC(=O)Nc1cccc(C(=O)Nc2ccc(F)cc2)c1. The molecule has 0 radical (unpaired) electrons. The standard InChI is InChI=1S/C25H25FN2O3/c1-3-17(2)22-9-4-5-10-23(22)31-16-24(29)27-21-8-6-7-18(15-21)25(30)28-20-13-11-19(26)12-14-20/h4-15,17H,3,16H2,1-2H3,(H,27,29)(H,28,30). The van der Waals surface area contributed by atoms with Crippen LogP contribution in [0.3, 0.4) is 0 Å². The van der Waals surface area contributed by atoms with Crippen LogP contribution >= 0.6 is 0 Å². The number of ether oxygens (including phenoxy) is 1. The van der Waals surface area contributed by atoms with Crippen LogP contribution in [0, 0.1) is 5.82 Å². The fourth-order valence-electron chi connectivity index (χ4n) is 3.05. The lowest BCUT2D eigenvalue weighted by Crippen LogP contribution is -2.21. The minimum atomic E-state index is -0.378. The van der Waals surface area contributed by atoms with E-state index in [0.717, 1.165) is 12.0 Å². The zero-order valence-corrected chi connectivity index (χ0v) is 17.5. The van der Waals surface area contributed by atoms with Gasteiger partial charge in [0.25, 0.3) is 11.8 Å². The Morgan fingerprint density at radius 2 is 1.68 bits per heavy atom. The summed E-state index contributed by atoms with van der Waals surface area (Å²) < 4.78 is 18.7. The van der Waals surface area contributed by atoms with Crippen LogP contribution in [-0.4, -0.2) is 18.4 Å². The lowest BCUT2D eigenvalue weighted by atomic mass is 9.98. The summed E-state index contributed by atoms with van der Waals surface area (Å²) in [5.41, 5.74) is 2.40. The van der Waals surface area contributed by atoms with Crippen molar-refractivity contribution < 1.29 is 18.7 Å². The second kappa shape index (κ2) is 10.4. The monoisotopic (exact) mass is 420 g/mol. The molecule has 1 atom stereocenters. The van der Waals surface area contributed by atoms with Crippen molar-refractivity contribution >= 4 is 23.2 Å². The maximum absolute atomic E-state index is 13.0. The molecule has 0 aliphatic rings. The first-order valence-electron chi connectivity index (χ1n) is 10.1. The Hall–Kier alpha value is -3.67. The van der Waals surface area contributed by atoms with E-state index in [4.69, 9.17) is 4.74 Å². The molecule has 2 amide bonds. The minimum Gasteiger partial charge on any atom is -0.483 e. The molecule has 0 aliphatic heterocycles. The van der Waals surface area contributed by atoms with Gasteiger partial charge in [-0.05, 0) is 66.4 Å². The maximum atomic E-state index is 13.0. The number of benzene rings is 3. The molecule has 3 aromatic carbocycles. The molecule has 0 saturated heterocycles. The van der Waals surface area contributed by atoms with Gasteiger partial charge in [0.1, 0.15) is 11.6 Å². The van der Waals surface area contributed by atoms with E-state index in [1.54, 1.807) is 24.3 Å². The minimum absolute atomic E-state index is 0.139. The van der Waals surface area contributed by atoms with Gasteiger partial charge in [-0.15, -0.1) is 0 Å². The van der Waals surface area contributed by atoms with Gasteiger partial charge in [0.05, 0.1) is 0 Å². The molecule has 0 aliphatic carbocycles. The highest BCUT2D eigenvalue weighted by atomic mass is 19.1. The third kappa shape index (κ3) is 6.15. The Morgan fingerprint density at radius 3 is 2.42 bits per heavy atom. The number of anilines is 2. The van der Waals surface area contributed by atoms with Crippen molar-refractivity contribution in [2.75, 3.05) is 17.2 Å². The Labute approximate surface area is 181 Å². The fraction of sp³-hybridized carbons (Fsp3) is 0.200. The topological polar surface area (TPSA) is 67.4 Å². The van der Waals surface area contributed by atoms with Gasteiger partial charge in [-0.25, -0.2) is 4.39 Å². The van der Waals surface area contributed by atoms with Gasteiger partial charge in [-0.2, -0.15) is 0 Å².